The van der Waals surface area contributed by atoms with Crippen molar-refractivity contribution in [3.63, 3.8) is 0 Å². The fraction of sp³-hybridized carbons (Fsp3) is 0.0476. The number of rotatable bonds is 3. The molecule has 0 aliphatic heterocycles. The van der Waals surface area contributed by atoms with Gasteiger partial charge in [0.1, 0.15) is 17.3 Å². The molecule has 8 nitrogen and oxygen atoms in total. The molecule has 0 saturated carbocycles. The number of hydrogen-bond acceptors (Lipinski definition) is 5. The van der Waals surface area contributed by atoms with Gasteiger partial charge in [-0.2, -0.15) is 5.10 Å². The molecule has 1 N–H and O–H groups in total. The summed E-state index contributed by atoms with van der Waals surface area (Å²) in [4.78, 5) is 29.6. The summed E-state index contributed by atoms with van der Waals surface area (Å²) in [6.45, 7) is 1.99. The van der Waals surface area contributed by atoms with Crippen molar-refractivity contribution in [2.45, 2.75) is 6.92 Å². The van der Waals surface area contributed by atoms with Gasteiger partial charge in [-0.1, -0.05) is 35.9 Å². The van der Waals surface area contributed by atoms with Gasteiger partial charge in [0.15, 0.2) is 11.4 Å². The normalized spacial score (nSPS) is 11.2. The second kappa shape index (κ2) is 6.45. The predicted octanol–water partition coefficient (Wildman–Crippen LogP) is 3.02. The summed E-state index contributed by atoms with van der Waals surface area (Å²) in [7, 11) is 0. The number of carbonyl (C=O) groups is 1. The first-order valence-electron chi connectivity index (χ1n) is 8.92. The average molecular weight is 385 g/mol. The molecule has 0 radical (unpaired) electrons. The molecule has 29 heavy (non-hydrogen) atoms. The molecule has 0 saturated heterocycles. The maximum atomic E-state index is 12.8. The molecule has 0 unspecified atom stereocenters. The van der Waals surface area contributed by atoms with Crippen LogP contribution in [0.15, 0.2) is 76.3 Å². The van der Waals surface area contributed by atoms with Crippen LogP contribution in [-0.4, -0.2) is 25.3 Å². The van der Waals surface area contributed by atoms with E-state index in [1.54, 1.807) is 16.8 Å². The highest BCUT2D eigenvalue weighted by atomic mass is 16.3. The lowest BCUT2D eigenvalue weighted by atomic mass is 10.2. The number of aryl methyl sites for hydroxylation is 1. The molecule has 0 aliphatic carbocycles. The fourth-order valence-electron chi connectivity index (χ4n) is 3.12. The predicted molar refractivity (Wildman–Crippen MR) is 108 cm³/mol. The summed E-state index contributed by atoms with van der Waals surface area (Å²) in [5, 5.41) is 5.37. The number of para-hydroxylation sites is 1. The van der Waals surface area contributed by atoms with Crippen molar-refractivity contribution in [1.82, 2.24) is 19.4 Å². The van der Waals surface area contributed by atoms with Crippen LogP contribution in [0.25, 0.3) is 27.7 Å². The van der Waals surface area contributed by atoms with Crippen molar-refractivity contribution in [3.8, 4) is 5.69 Å². The van der Waals surface area contributed by atoms with E-state index < -0.39 is 11.5 Å². The molecule has 0 spiro atoms. The van der Waals surface area contributed by atoms with Crippen molar-refractivity contribution in [2.24, 2.45) is 0 Å². The molecule has 5 rings (SSSR count). The van der Waals surface area contributed by atoms with Gasteiger partial charge < -0.3 is 4.42 Å². The Hall–Kier alpha value is -4.20. The van der Waals surface area contributed by atoms with Crippen LogP contribution in [0.2, 0.25) is 0 Å². The zero-order chi connectivity index (χ0) is 20.0. The van der Waals surface area contributed by atoms with Gasteiger partial charge in [-0.3, -0.25) is 15.0 Å². The lowest BCUT2D eigenvalue weighted by Crippen LogP contribution is -2.33. The molecule has 0 fully saturated rings. The summed E-state index contributed by atoms with van der Waals surface area (Å²) >= 11 is 0. The number of benzene rings is 2. The quantitative estimate of drug-likeness (QED) is 0.515. The van der Waals surface area contributed by atoms with Crippen molar-refractivity contribution < 1.29 is 9.21 Å². The number of fused-ring (bicyclic) bond motifs is 2. The van der Waals surface area contributed by atoms with Gasteiger partial charge >= 0.3 is 5.91 Å². The van der Waals surface area contributed by atoms with Crippen LogP contribution < -0.4 is 11.0 Å². The molecule has 1 amide bonds. The summed E-state index contributed by atoms with van der Waals surface area (Å²) in [5.74, 6) is -0.441. The highest BCUT2D eigenvalue weighted by Gasteiger charge is 2.16. The van der Waals surface area contributed by atoms with Gasteiger partial charge in [-0.15, -0.1) is 0 Å². The number of nitrogens with one attached hydrogen (secondary N) is 1. The van der Waals surface area contributed by atoms with E-state index in [0.717, 1.165) is 21.3 Å². The van der Waals surface area contributed by atoms with Crippen LogP contribution in [-0.2, 0) is 0 Å². The molecule has 8 heteroatoms. The summed E-state index contributed by atoms with van der Waals surface area (Å²) in [6.07, 6.45) is 2.70. The van der Waals surface area contributed by atoms with Gasteiger partial charge in [0, 0.05) is 5.39 Å². The van der Waals surface area contributed by atoms with Gasteiger partial charge in [0.25, 0.3) is 5.56 Å². The highest BCUT2D eigenvalue weighted by Crippen LogP contribution is 2.19. The molecule has 142 valence electrons. The number of hydrogen-bond donors (Lipinski definition) is 1. The van der Waals surface area contributed by atoms with Gasteiger partial charge in [0.05, 0.1) is 11.9 Å². The van der Waals surface area contributed by atoms with E-state index in [-0.39, 0.29) is 11.1 Å². The van der Waals surface area contributed by atoms with Crippen LogP contribution in [0.3, 0.4) is 0 Å². The standard InChI is InChI=1S/C21H15N5O3/c1-13-6-8-15(9-7-13)26-19-16(11-23-26)21(28)25(12-22-19)24-20(27)18-10-14-4-2-3-5-17(14)29-18/h2-12H,1H3,(H,24,27). The third kappa shape index (κ3) is 2.87. The number of aromatic nitrogens is 4. The van der Waals surface area contributed by atoms with E-state index >= 15 is 0 Å². The minimum atomic E-state index is -0.546. The van der Waals surface area contributed by atoms with Crippen LogP contribution in [0.1, 0.15) is 16.1 Å². The monoisotopic (exact) mass is 385 g/mol. The number of carbonyl (C=O) groups excluding carboxylic acids is 1. The zero-order valence-electron chi connectivity index (χ0n) is 15.4. The first-order valence-corrected chi connectivity index (χ1v) is 8.92. The number of amides is 1. The fourth-order valence-corrected chi connectivity index (χ4v) is 3.12. The summed E-state index contributed by atoms with van der Waals surface area (Å²) < 4.78 is 8.15. The SMILES string of the molecule is Cc1ccc(-n2ncc3c(=O)n(NC(=O)c4cc5ccccc5o4)cnc32)cc1. The van der Waals surface area contributed by atoms with E-state index in [4.69, 9.17) is 4.42 Å². The molecule has 3 heterocycles. The van der Waals surface area contributed by atoms with Gasteiger partial charge in [-0.25, -0.2) is 14.3 Å². The Labute approximate surface area is 164 Å². The Balaban J connectivity index is 1.49. The molecule has 5 aromatic rings. The van der Waals surface area contributed by atoms with Crippen LogP contribution in [0.4, 0.5) is 0 Å². The second-order valence-corrected chi connectivity index (χ2v) is 6.64. The Kier molecular flexibility index (Phi) is 3.77. The van der Waals surface area contributed by atoms with Crippen molar-refractivity contribution >= 4 is 27.9 Å². The van der Waals surface area contributed by atoms with E-state index in [1.165, 1.54) is 12.5 Å². The van der Waals surface area contributed by atoms with Crippen LogP contribution in [0.5, 0.6) is 0 Å². The topological polar surface area (TPSA) is 95.0 Å². The molecular formula is C21H15N5O3. The molecule has 3 aromatic heterocycles. The first-order chi connectivity index (χ1) is 14.1. The maximum Gasteiger partial charge on any atom is 0.305 e. The Bertz CT molecular complexity index is 1390. The lowest BCUT2D eigenvalue weighted by molar-refractivity contribution is 0.0982. The van der Waals surface area contributed by atoms with Crippen LogP contribution in [0, 0.1) is 6.92 Å². The van der Waals surface area contributed by atoms with E-state index in [1.807, 2.05) is 49.4 Å². The molecule has 0 aliphatic rings. The molecule has 0 bridgehead atoms. The van der Waals surface area contributed by atoms with Crippen molar-refractivity contribution in [1.29, 1.82) is 0 Å². The van der Waals surface area contributed by atoms with Crippen LogP contribution >= 0.6 is 0 Å². The second-order valence-electron chi connectivity index (χ2n) is 6.64. The Morgan fingerprint density at radius 2 is 1.90 bits per heavy atom. The number of nitrogens with zero attached hydrogens (tertiary/aromatic N) is 4. The van der Waals surface area contributed by atoms with Gasteiger partial charge in [0.2, 0.25) is 0 Å². The third-order valence-corrected chi connectivity index (χ3v) is 4.64. The van der Waals surface area contributed by atoms with Crippen molar-refractivity contribution in [2.75, 3.05) is 5.43 Å². The zero-order valence-corrected chi connectivity index (χ0v) is 15.4. The maximum absolute atomic E-state index is 12.8. The Morgan fingerprint density at radius 3 is 2.69 bits per heavy atom. The minimum Gasteiger partial charge on any atom is -0.451 e. The van der Waals surface area contributed by atoms with E-state index in [9.17, 15) is 9.59 Å². The summed E-state index contributed by atoms with van der Waals surface area (Å²) in [5.41, 5.74) is 4.99. The molecular weight excluding hydrogens is 370 g/mol. The first kappa shape index (κ1) is 16.9. The highest BCUT2D eigenvalue weighted by molar-refractivity contribution is 6.00. The average Bonchev–Trinajstić information content (AvgIpc) is 3.35. The summed E-state index contributed by atoms with van der Waals surface area (Å²) in [6, 6.07) is 16.6. The van der Waals surface area contributed by atoms with Crippen molar-refractivity contribution in [3.05, 3.63) is 88.8 Å². The number of furan rings is 1. The Morgan fingerprint density at radius 1 is 1.10 bits per heavy atom. The molecule has 2 aromatic carbocycles. The molecule has 0 atom stereocenters. The minimum absolute atomic E-state index is 0.105. The smallest absolute Gasteiger partial charge is 0.305 e. The third-order valence-electron chi connectivity index (χ3n) is 4.64. The van der Waals surface area contributed by atoms with E-state index in [2.05, 4.69) is 15.5 Å². The van der Waals surface area contributed by atoms with Gasteiger partial charge in [-0.05, 0) is 31.2 Å². The largest absolute Gasteiger partial charge is 0.451 e. The lowest BCUT2D eigenvalue weighted by Gasteiger charge is -2.07. The van der Waals surface area contributed by atoms with E-state index in [0.29, 0.717) is 11.2 Å².